The zero-order chi connectivity index (χ0) is 23.0. The van der Waals surface area contributed by atoms with Crippen molar-refractivity contribution in [2.45, 2.75) is 52.0 Å². The van der Waals surface area contributed by atoms with Crippen LogP contribution in [0.2, 0.25) is 0 Å². The molecule has 3 rings (SSSR count). The number of rotatable bonds is 11. The molecular weight excluding hydrogens is 404 g/mol. The Kier molecular flexibility index (Phi) is 8.03. The summed E-state index contributed by atoms with van der Waals surface area (Å²) in [6.45, 7) is 7.30. The molecular formula is C25H32N4O3. The number of benzene rings is 2. The van der Waals surface area contributed by atoms with Gasteiger partial charge in [-0.1, -0.05) is 36.4 Å². The predicted octanol–water partition coefficient (Wildman–Crippen LogP) is 3.91. The van der Waals surface area contributed by atoms with Crippen molar-refractivity contribution in [3.63, 3.8) is 0 Å². The van der Waals surface area contributed by atoms with Gasteiger partial charge in [-0.15, -0.1) is 0 Å². The van der Waals surface area contributed by atoms with Crippen LogP contribution in [-0.4, -0.2) is 32.6 Å². The van der Waals surface area contributed by atoms with E-state index in [-0.39, 0.29) is 11.4 Å². The third-order valence-corrected chi connectivity index (χ3v) is 5.26. The first-order chi connectivity index (χ1) is 15.3. The number of ether oxygens (including phenoxy) is 1. The molecule has 0 fully saturated rings. The van der Waals surface area contributed by atoms with Crippen LogP contribution in [0.25, 0.3) is 0 Å². The number of amides is 1. The molecule has 1 atom stereocenters. The van der Waals surface area contributed by atoms with Crippen LogP contribution in [0.3, 0.4) is 0 Å². The van der Waals surface area contributed by atoms with Crippen LogP contribution in [0.1, 0.15) is 44.4 Å². The summed E-state index contributed by atoms with van der Waals surface area (Å²) in [5, 5.41) is 17.0. The lowest BCUT2D eigenvalue weighted by atomic mass is 9.99. The van der Waals surface area contributed by atoms with Gasteiger partial charge in [0.05, 0.1) is 18.1 Å². The minimum atomic E-state index is -0.724. The largest absolute Gasteiger partial charge is 0.487 e. The van der Waals surface area contributed by atoms with E-state index >= 15 is 0 Å². The molecule has 3 aromatic rings. The average molecular weight is 437 g/mol. The molecule has 170 valence electrons. The van der Waals surface area contributed by atoms with Crippen LogP contribution in [0, 0.1) is 0 Å². The number of hydrogen-bond acceptors (Lipinski definition) is 5. The van der Waals surface area contributed by atoms with Crippen LogP contribution in [0.5, 0.6) is 5.75 Å². The molecule has 7 nitrogen and oxygen atoms in total. The molecule has 0 saturated carbocycles. The maximum atomic E-state index is 11.7. The SMILES string of the molecule is CC(=O)Nc1cc(C(O)CNC(C)(C)CCn2ccnc2)ccc1OCc1ccccc1. The van der Waals surface area contributed by atoms with E-state index in [0.29, 0.717) is 30.2 Å². The number of β-amino-alcohol motifs (C(OH)–C–C–N with tert-alkyl or cyclic N) is 1. The van der Waals surface area contributed by atoms with E-state index in [2.05, 4.69) is 29.5 Å². The predicted molar refractivity (Wildman–Crippen MR) is 125 cm³/mol. The fraction of sp³-hybridized carbons (Fsp3) is 0.360. The van der Waals surface area contributed by atoms with Gasteiger partial charge >= 0.3 is 0 Å². The number of aliphatic hydroxyl groups excluding tert-OH is 1. The van der Waals surface area contributed by atoms with Crippen molar-refractivity contribution in [3.05, 3.63) is 78.4 Å². The third kappa shape index (κ3) is 7.21. The molecule has 0 bridgehead atoms. The van der Waals surface area contributed by atoms with Gasteiger partial charge in [-0.2, -0.15) is 0 Å². The summed E-state index contributed by atoms with van der Waals surface area (Å²) in [6, 6.07) is 15.2. The quantitative estimate of drug-likeness (QED) is 0.424. The maximum Gasteiger partial charge on any atom is 0.221 e. The molecule has 7 heteroatoms. The third-order valence-electron chi connectivity index (χ3n) is 5.26. The Morgan fingerprint density at radius 2 is 2.00 bits per heavy atom. The fourth-order valence-corrected chi connectivity index (χ4v) is 3.31. The molecule has 0 aliphatic carbocycles. The molecule has 0 aliphatic heterocycles. The van der Waals surface area contributed by atoms with Crippen LogP contribution >= 0.6 is 0 Å². The number of anilines is 1. The number of nitrogens with one attached hydrogen (secondary N) is 2. The van der Waals surface area contributed by atoms with Crippen molar-refractivity contribution < 1.29 is 14.6 Å². The molecule has 1 amide bonds. The molecule has 0 saturated heterocycles. The number of aliphatic hydroxyl groups is 1. The molecule has 0 radical (unpaired) electrons. The van der Waals surface area contributed by atoms with Gasteiger partial charge in [0, 0.05) is 37.9 Å². The summed E-state index contributed by atoms with van der Waals surface area (Å²) in [4.78, 5) is 15.8. The smallest absolute Gasteiger partial charge is 0.221 e. The summed E-state index contributed by atoms with van der Waals surface area (Å²) in [5.74, 6) is 0.369. The first kappa shape index (κ1) is 23.5. The van der Waals surface area contributed by atoms with Crippen molar-refractivity contribution >= 4 is 11.6 Å². The van der Waals surface area contributed by atoms with Crippen molar-refractivity contribution in [1.29, 1.82) is 0 Å². The van der Waals surface area contributed by atoms with Gasteiger partial charge in [0.2, 0.25) is 5.91 Å². The summed E-state index contributed by atoms with van der Waals surface area (Å²) < 4.78 is 7.96. The molecule has 1 unspecified atom stereocenters. The highest BCUT2D eigenvalue weighted by Gasteiger charge is 2.20. The second kappa shape index (κ2) is 10.9. The Morgan fingerprint density at radius 3 is 2.69 bits per heavy atom. The highest BCUT2D eigenvalue weighted by Crippen LogP contribution is 2.29. The van der Waals surface area contributed by atoms with E-state index in [1.54, 1.807) is 24.7 Å². The van der Waals surface area contributed by atoms with E-state index in [0.717, 1.165) is 18.5 Å². The minimum Gasteiger partial charge on any atom is -0.487 e. The van der Waals surface area contributed by atoms with E-state index in [9.17, 15) is 9.90 Å². The zero-order valence-corrected chi connectivity index (χ0v) is 18.9. The lowest BCUT2D eigenvalue weighted by Gasteiger charge is -2.28. The molecule has 2 aromatic carbocycles. The van der Waals surface area contributed by atoms with Gasteiger partial charge in [0.25, 0.3) is 0 Å². The maximum absolute atomic E-state index is 11.7. The number of nitrogens with zero attached hydrogens (tertiary/aromatic N) is 2. The van der Waals surface area contributed by atoms with Gasteiger partial charge in [-0.05, 0) is 43.5 Å². The highest BCUT2D eigenvalue weighted by atomic mass is 16.5. The number of hydrogen-bond donors (Lipinski definition) is 3. The number of imidazole rings is 1. The van der Waals surface area contributed by atoms with E-state index in [1.165, 1.54) is 6.92 Å². The summed E-state index contributed by atoms with van der Waals surface area (Å²) in [5.41, 5.74) is 2.13. The Hall–Kier alpha value is -3.16. The number of carbonyl (C=O) groups excluding carboxylic acids is 1. The Bertz CT molecular complexity index is 988. The Balaban J connectivity index is 1.62. The highest BCUT2D eigenvalue weighted by molar-refractivity contribution is 5.90. The van der Waals surface area contributed by atoms with Crippen LogP contribution in [0.15, 0.2) is 67.3 Å². The summed E-state index contributed by atoms with van der Waals surface area (Å²) in [6.07, 6.45) is 5.67. The molecule has 32 heavy (non-hydrogen) atoms. The first-order valence-corrected chi connectivity index (χ1v) is 10.8. The molecule has 0 spiro atoms. The molecule has 1 heterocycles. The van der Waals surface area contributed by atoms with Gasteiger partial charge in [-0.3, -0.25) is 4.79 Å². The van der Waals surface area contributed by atoms with Crippen molar-refractivity contribution in [2.24, 2.45) is 0 Å². The standard InChI is InChI=1S/C25H32N4O3/c1-19(30)28-22-15-21(9-10-24(22)32-17-20-7-5-4-6-8-20)23(31)16-27-25(2,3)11-13-29-14-12-26-18-29/h4-10,12,14-15,18,23,27,31H,11,13,16-17H2,1-3H3,(H,28,30). The molecule has 0 aliphatic rings. The molecule has 3 N–H and O–H groups in total. The van der Waals surface area contributed by atoms with Crippen LogP contribution < -0.4 is 15.4 Å². The minimum absolute atomic E-state index is 0.162. The fourth-order valence-electron chi connectivity index (χ4n) is 3.31. The summed E-state index contributed by atoms with van der Waals surface area (Å²) >= 11 is 0. The second-order valence-corrected chi connectivity index (χ2v) is 8.54. The average Bonchev–Trinajstić information content (AvgIpc) is 3.29. The topological polar surface area (TPSA) is 88.4 Å². The van der Waals surface area contributed by atoms with Gasteiger partial charge in [0.1, 0.15) is 12.4 Å². The molecule has 1 aromatic heterocycles. The first-order valence-electron chi connectivity index (χ1n) is 10.8. The van der Waals surface area contributed by atoms with E-state index in [4.69, 9.17) is 4.74 Å². The lowest BCUT2D eigenvalue weighted by Crippen LogP contribution is -2.42. The lowest BCUT2D eigenvalue weighted by molar-refractivity contribution is -0.114. The Labute approximate surface area is 189 Å². The number of aryl methyl sites for hydroxylation is 1. The van der Waals surface area contributed by atoms with Crippen molar-refractivity contribution in [2.75, 3.05) is 11.9 Å². The van der Waals surface area contributed by atoms with Gasteiger partial charge < -0.3 is 25.0 Å². The number of aromatic nitrogens is 2. The summed E-state index contributed by atoms with van der Waals surface area (Å²) in [7, 11) is 0. The van der Waals surface area contributed by atoms with Crippen molar-refractivity contribution in [3.8, 4) is 5.75 Å². The van der Waals surface area contributed by atoms with Gasteiger partial charge in [-0.25, -0.2) is 4.98 Å². The van der Waals surface area contributed by atoms with Crippen LogP contribution in [-0.2, 0) is 17.9 Å². The van der Waals surface area contributed by atoms with Gasteiger partial charge in [0.15, 0.2) is 0 Å². The number of carbonyl (C=O) groups is 1. The zero-order valence-electron chi connectivity index (χ0n) is 18.9. The van der Waals surface area contributed by atoms with E-state index < -0.39 is 6.10 Å². The van der Waals surface area contributed by atoms with E-state index in [1.807, 2.05) is 47.2 Å². The Morgan fingerprint density at radius 1 is 1.22 bits per heavy atom. The monoisotopic (exact) mass is 436 g/mol. The second-order valence-electron chi connectivity index (χ2n) is 8.54. The normalized spacial score (nSPS) is 12.4. The van der Waals surface area contributed by atoms with Crippen molar-refractivity contribution in [1.82, 2.24) is 14.9 Å². The van der Waals surface area contributed by atoms with Crippen LogP contribution in [0.4, 0.5) is 5.69 Å².